The van der Waals surface area contributed by atoms with Gasteiger partial charge < -0.3 is 10.4 Å². The van der Waals surface area contributed by atoms with E-state index >= 15 is 0 Å². The van der Waals surface area contributed by atoms with E-state index in [1.165, 1.54) is 12.3 Å². The maximum Gasteiger partial charge on any atom is 0.354 e. The summed E-state index contributed by atoms with van der Waals surface area (Å²) < 4.78 is 1.72. The molecule has 0 unspecified atom stereocenters. The Bertz CT molecular complexity index is 519. The number of hydrogen-bond donors (Lipinski definition) is 2. The monoisotopic (exact) mass is 232 g/mol. The first-order valence-electron chi connectivity index (χ1n) is 5.06. The van der Waals surface area contributed by atoms with Crippen LogP contribution in [0.1, 0.15) is 16.1 Å². The van der Waals surface area contributed by atoms with Gasteiger partial charge in [-0.1, -0.05) is 0 Å². The van der Waals surface area contributed by atoms with Crippen molar-refractivity contribution in [2.45, 2.75) is 6.54 Å². The highest BCUT2D eigenvalue weighted by Gasteiger charge is 2.03. The Morgan fingerprint density at radius 1 is 1.47 bits per heavy atom. The lowest BCUT2D eigenvalue weighted by atomic mass is 10.3. The summed E-state index contributed by atoms with van der Waals surface area (Å²) in [7, 11) is 1.85. The Labute approximate surface area is 97.9 Å². The highest BCUT2D eigenvalue weighted by molar-refractivity contribution is 5.85. The lowest BCUT2D eigenvalue weighted by Gasteiger charge is -2.03. The van der Waals surface area contributed by atoms with Crippen molar-refractivity contribution in [1.82, 2.24) is 14.8 Å². The second-order valence-electron chi connectivity index (χ2n) is 3.61. The molecule has 6 nitrogen and oxygen atoms in total. The number of pyridine rings is 1. The SMILES string of the molecule is Cn1cc(CNc2ccc(C(=O)O)nc2)cn1. The molecule has 17 heavy (non-hydrogen) atoms. The topological polar surface area (TPSA) is 80.0 Å². The molecule has 2 aromatic heterocycles. The average Bonchev–Trinajstić information content (AvgIpc) is 2.73. The molecule has 6 heteroatoms. The minimum atomic E-state index is -1.02. The molecule has 0 saturated carbocycles. The predicted molar refractivity (Wildman–Crippen MR) is 61.7 cm³/mol. The average molecular weight is 232 g/mol. The van der Waals surface area contributed by atoms with Crippen molar-refractivity contribution in [3.8, 4) is 0 Å². The van der Waals surface area contributed by atoms with Crippen molar-refractivity contribution in [3.05, 3.63) is 42.0 Å². The van der Waals surface area contributed by atoms with Crippen molar-refractivity contribution >= 4 is 11.7 Å². The van der Waals surface area contributed by atoms with Crippen LogP contribution in [0.4, 0.5) is 5.69 Å². The van der Waals surface area contributed by atoms with E-state index < -0.39 is 5.97 Å². The molecule has 0 radical (unpaired) electrons. The number of hydrogen-bond acceptors (Lipinski definition) is 4. The van der Waals surface area contributed by atoms with Gasteiger partial charge in [0.2, 0.25) is 0 Å². The third kappa shape index (κ3) is 2.81. The zero-order valence-electron chi connectivity index (χ0n) is 9.29. The largest absolute Gasteiger partial charge is 0.477 e. The third-order valence-electron chi connectivity index (χ3n) is 2.24. The maximum absolute atomic E-state index is 10.6. The fourth-order valence-corrected chi connectivity index (χ4v) is 1.39. The first-order chi connectivity index (χ1) is 8.15. The molecule has 2 rings (SSSR count). The number of nitrogens with zero attached hydrogens (tertiary/aromatic N) is 3. The van der Waals surface area contributed by atoms with Crippen LogP contribution in [0.3, 0.4) is 0 Å². The summed E-state index contributed by atoms with van der Waals surface area (Å²) in [5, 5.41) is 15.9. The van der Waals surface area contributed by atoms with Crippen LogP contribution in [0.15, 0.2) is 30.7 Å². The number of nitrogens with one attached hydrogen (secondary N) is 1. The molecule has 0 aliphatic heterocycles. The second kappa shape index (κ2) is 4.65. The standard InChI is InChI=1S/C11H12N4O2/c1-15-7-8(5-14-15)4-12-9-2-3-10(11(16)17)13-6-9/h2-3,5-7,12H,4H2,1H3,(H,16,17). The summed E-state index contributed by atoms with van der Waals surface area (Å²) >= 11 is 0. The van der Waals surface area contributed by atoms with Crippen LogP contribution in [-0.4, -0.2) is 25.8 Å². The number of aromatic carboxylic acids is 1. The van der Waals surface area contributed by atoms with Gasteiger partial charge in [-0.15, -0.1) is 0 Å². The highest BCUT2D eigenvalue weighted by atomic mass is 16.4. The van der Waals surface area contributed by atoms with Crippen LogP contribution >= 0.6 is 0 Å². The molecule has 0 aliphatic rings. The molecule has 0 saturated heterocycles. The Balaban J connectivity index is 1.97. The summed E-state index contributed by atoms with van der Waals surface area (Å²) in [6, 6.07) is 3.15. The van der Waals surface area contributed by atoms with E-state index in [2.05, 4.69) is 15.4 Å². The molecule has 0 spiro atoms. The van der Waals surface area contributed by atoms with Crippen LogP contribution in [0.5, 0.6) is 0 Å². The van der Waals surface area contributed by atoms with Gasteiger partial charge in [-0.2, -0.15) is 5.10 Å². The summed E-state index contributed by atoms with van der Waals surface area (Å²) in [5.74, 6) is -1.02. The number of carbonyl (C=O) groups is 1. The summed E-state index contributed by atoms with van der Waals surface area (Å²) in [5.41, 5.74) is 1.87. The van der Waals surface area contributed by atoms with E-state index in [9.17, 15) is 4.79 Å². The second-order valence-corrected chi connectivity index (χ2v) is 3.61. The minimum Gasteiger partial charge on any atom is -0.477 e. The summed E-state index contributed by atoms with van der Waals surface area (Å²) in [6.07, 6.45) is 5.18. The number of carboxylic acids is 1. The smallest absolute Gasteiger partial charge is 0.354 e. The molecule has 0 amide bonds. The van der Waals surface area contributed by atoms with Gasteiger partial charge in [0.15, 0.2) is 0 Å². The molecule has 88 valence electrons. The molecule has 0 atom stereocenters. The number of carboxylic acid groups (broad SMARTS) is 1. The highest BCUT2D eigenvalue weighted by Crippen LogP contribution is 2.08. The quantitative estimate of drug-likeness (QED) is 0.825. The normalized spacial score (nSPS) is 10.2. The van der Waals surface area contributed by atoms with Crippen molar-refractivity contribution in [3.63, 3.8) is 0 Å². The maximum atomic E-state index is 10.6. The molecule has 2 aromatic rings. The molecular formula is C11H12N4O2. The number of aromatic nitrogens is 3. The zero-order valence-corrected chi connectivity index (χ0v) is 9.29. The van der Waals surface area contributed by atoms with Crippen LogP contribution in [0.2, 0.25) is 0 Å². The predicted octanol–water partition coefficient (Wildman–Crippen LogP) is 1.13. The van der Waals surface area contributed by atoms with E-state index in [-0.39, 0.29) is 5.69 Å². The van der Waals surface area contributed by atoms with Crippen molar-refractivity contribution in [1.29, 1.82) is 0 Å². The van der Waals surface area contributed by atoms with Crippen LogP contribution < -0.4 is 5.32 Å². The lowest BCUT2D eigenvalue weighted by molar-refractivity contribution is 0.0690. The van der Waals surface area contributed by atoms with Gasteiger partial charge in [-0.25, -0.2) is 9.78 Å². The first-order valence-corrected chi connectivity index (χ1v) is 5.06. The fraction of sp³-hybridized carbons (Fsp3) is 0.182. The van der Waals surface area contributed by atoms with Crippen LogP contribution in [-0.2, 0) is 13.6 Å². The van der Waals surface area contributed by atoms with E-state index in [0.717, 1.165) is 11.3 Å². The van der Waals surface area contributed by atoms with Gasteiger partial charge in [0, 0.05) is 25.4 Å². The van der Waals surface area contributed by atoms with E-state index in [1.807, 2.05) is 13.2 Å². The van der Waals surface area contributed by atoms with Gasteiger partial charge in [0.1, 0.15) is 5.69 Å². The van der Waals surface area contributed by atoms with Crippen LogP contribution in [0, 0.1) is 0 Å². The summed E-state index contributed by atoms with van der Waals surface area (Å²) in [4.78, 5) is 14.4. The first kappa shape index (κ1) is 11.1. The minimum absolute atomic E-state index is 0.0388. The van der Waals surface area contributed by atoms with Crippen molar-refractivity contribution in [2.75, 3.05) is 5.32 Å². The van der Waals surface area contributed by atoms with Crippen molar-refractivity contribution < 1.29 is 9.90 Å². The number of aryl methyl sites for hydroxylation is 1. The summed E-state index contributed by atoms with van der Waals surface area (Å²) in [6.45, 7) is 0.627. The molecule has 2 N–H and O–H groups in total. The van der Waals surface area contributed by atoms with Gasteiger partial charge in [0.25, 0.3) is 0 Å². The fourth-order valence-electron chi connectivity index (χ4n) is 1.39. The Morgan fingerprint density at radius 3 is 2.82 bits per heavy atom. The van der Waals surface area contributed by atoms with Gasteiger partial charge in [0.05, 0.1) is 18.1 Å². The third-order valence-corrected chi connectivity index (χ3v) is 2.24. The van der Waals surface area contributed by atoms with Crippen molar-refractivity contribution in [2.24, 2.45) is 7.05 Å². The Hall–Kier alpha value is -2.37. The Morgan fingerprint density at radius 2 is 2.29 bits per heavy atom. The molecular weight excluding hydrogens is 220 g/mol. The Kier molecular flexibility index (Phi) is 3.04. The van der Waals surface area contributed by atoms with Crippen LogP contribution in [0.25, 0.3) is 0 Å². The molecule has 2 heterocycles. The van der Waals surface area contributed by atoms with Gasteiger partial charge in [-0.05, 0) is 12.1 Å². The zero-order chi connectivity index (χ0) is 12.3. The molecule has 0 bridgehead atoms. The molecule has 0 aliphatic carbocycles. The number of rotatable bonds is 4. The molecule has 0 fully saturated rings. The van der Waals surface area contributed by atoms with Gasteiger partial charge >= 0.3 is 5.97 Å². The number of anilines is 1. The van der Waals surface area contributed by atoms with E-state index in [4.69, 9.17) is 5.11 Å². The van der Waals surface area contributed by atoms with Gasteiger partial charge in [-0.3, -0.25) is 4.68 Å². The van der Waals surface area contributed by atoms with E-state index in [1.54, 1.807) is 16.9 Å². The lowest BCUT2D eigenvalue weighted by Crippen LogP contribution is -2.02. The van der Waals surface area contributed by atoms with E-state index in [0.29, 0.717) is 6.54 Å². The molecule has 0 aromatic carbocycles.